The Labute approximate surface area is 158 Å². The van der Waals surface area contributed by atoms with Gasteiger partial charge in [-0.1, -0.05) is 50.6 Å². The van der Waals surface area contributed by atoms with Gasteiger partial charge in [-0.2, -0.15) is 8.42 Å². The summed E-state index contributed by atoms with van der Waals surface area (Å²) in [4.78, 5) is 0.147. The van der Waals surface area contributed by atoms with Crippen molar-refractivity contribution >= 4 is 18.4 Å². The Morgan fingerprint density at radius 1 is 0.923 bits per heavy atom. The lowest BCUT2D eigenvalue weighted by atomic mass is 10.2. The maximum absolute atomic E-state index is 12.3. The van der Waals surface area contributed by atoms with Crippen LogP contribution in [-0.2, 0) is 21.2 Å². The maximum Gasteiger partial charge on any atom is 0.339 e. The molecule has 0 aromatic heterocycles. The fraction of sp³-hybridized carbons (Fsp3) is 0.400. The highest BCUT2D eigenvalue weighted by atomic mass is 32.2. The van der Waals surface area contributed by atoms with Gasteiger partial charge in [0.05, 0.1) is 6.61 Å². The third-order valence-corrected chi connectivity index (χ3v) is 10.6. The molecule has 2 aromatic carbocycles. The third-order valence-electron chi connectivity index (χ3n) is 4.84. The summed E-state index contributed by atoms with van der Waals surface area (Å²) in [5.41, 5.74) is 1.99. The Hall–Kier alpha value is -1.63. The molecule has 0 heterocycles. The standard InChI is InChI=1S/C20H28O4SSi/c1-16-7-13-19(14-8-16)25(21,22)24-18-11-9-17(10-12-18)15-23-26(5,6)20(2,3)4/h7-14H,15H2,1-6H3. The van der Waals surface area contributed by atoms with E-state index in [2.05, 4.69) is 33.9 Å². The van der Waals surface area contributed by atoms with E-state index in [-0.39, 0.29) is 9.93 Å². The number of hydrogen-bond donors (Lipinski definition) is 0. The molecule has 0 saturated heterocycles. The van der Waals surface area contributed by atoms with Crippen molar-refractivity contribution in [1.29, 1.82) is 0 Å². The van der Waals surface area contributed by atoms with Gasteiger partial charge < -0.3 is 8.61 Å². The van der Waals surface area contributed by atoms with Crippen molar-refractivity contribution in [2.24, 2.45) is 0 Å². The van der Waals surface area contributed by atoms with Crippen LogP contribution in [0.1, 0.15) is 31.9 Å². The van der Waals surface area contributed by atoms with Gasteiger partial charge in [0.15, 0.2) is 8.32 Å². The quantitative estimate of drug-likeness (QED) is 0.495. The first kappa shape index (κ1) is 20.7. The molecular weight excluding hydrogens is 364 g/mol. The molecule has 0 aliphatic carbocycles. The second kappa shape index (κ2) is 7.54. The van der Waals surface area contributed by atoms with Crippen LogP contribution >= 0.6 is 0 Å². The Kier molecular flexibility index (Phi) is 6.00. The molecule has 2 rings (SSSR count). The second-order valence-corrected chi connectivity index (χ2v) is 14.4. The van der Waals surface area contributed by atoms with Crippen LogP contribution in [0.4, 0.5) is 0 Å². The first-order valence-electron chi connectivity index (χ1n) is 8.65. The topological polar surface area (TPSA) is 52.6 Å². The smallest absolute Gasteiger partial charge is 0.339 e. The van der Waals surface area contributed by atoms with E-state index in [1.807, 2.05) is 19.1 Å². The lowest BCUT2D eigenvalue weighted by molar-refractivity contribution is 0.276. The van der Waals surface area contributed by atoms with Gasteiger partial charge in [-0.15, -0.1) is 0 Å². The highest BCUT2D eigenvalue weighted by molar-refractivity contribution is 7.87. The molecule has 0 amide bonds. The predicted molar refractivity (Wildman–Crippen MR) is 107 cm³/mol. The summed E-state index contributed by atoms with van der Waals surface area (Å²) in [5.74, 6) is 0.293. The molecule has 142 valence electrons. The Bertz CT molecular complexity index is 833. The summed E-state index contributed by atoms with van der Waals surface area (Å²) in [7, 11) is -5.64. The van der Waals surface area contributed by atoms with Crippen LogP contribution < -0.4 is 4.18 Å². The van der Waals surface area contributed by atoms with Gasteiger partial charge in [0.1, 0.15) is 10.6 Å². The molecule has 4 nitrogen and oxygen atoms in total. The molecule has 0 unspecified atom stereocenters. The Morgan fingerprint density at radius 3 is 1.96 bits per heavy atom. The van der Waals surface area contributed by atoms with Crippen LogP contribution in [0.5, 0.6) is 5.75 Å². The SMILES string of the molecule is Cc1ccc(S(=O)(=O)Oc2ccc(CO[Si](C)(C)C(C)(C)C)cc2)cc1. The number of aryl methyl sites for hydroxylation is 1. The molecule has 0 aliphatic rings. The lowest BCUT2D eigenvalue weighted by Gasteiger charge is -2.36. The Balaban J connectivity index is 2.04. The number of benzene rings is 2. The van der Waals surface area contributed by atoms with Gasteiger partial charge in [0.25, 0.3) is 0 Å². The monoisotopic (exact) mass is 392 g/mol. The highest BCUT2D eigenvalue weighted by Gasteiger charge is 2.37. The van der Waals surface area contributed by atoms with Gasteiger partial charge >= 0.3 is 10.1 Å². The predicted octanol–water partition coefficient (Wildman–Crippen LogP) is 5.28. The average Bonchev–Trinajstić information content (AvgIpc) is 2.53. The molecule has 0 fully saturated rings. The first-order valence-corrected chi connectivity index (χ1v) is 13.0. The minimum absolute atomic E-state index is 0.147. The fourth-order valence-corrected chi connectivity index (χ4v) is 3.89. The number of hydrogen-bond acceptors (Lipinski definition) is 4. The van der Waals surface area contributed by atoms with Crippen molar-refractivity contribution in [3.8, 4) is 5.75 Å². The molecule has 0 saturated carbocycles. The van der Waals surface area contributed by atoms with Crippen LogP contribution in [-0.4, -0.2) is 16.7 Å². The van der Waals surface area contributed by atoms with Gasteiger partial charge in [-0.25, -0.2) is 0 Å². The van der Waals surface area contributed by atoms with Crippen LogP contribution in [0.3, 0.4) is 0 Å². The zero-order valence-corrected chi connectivity index (χ0v) is 18.2. The second-order valence-electron chi connectivity index (χ2n) is 8.04. The molecule has 0 bridgehead atoms. The Morgan fingerprint density at radius 2 is 1.46 bits per heavy atom. The largest absolute Gasteiger partial charge is 0.413 e. The van der Waals surface area contributed by atoms with Crippen molar-refractivity contribution in [3.63, 3.8) is 0 Å². The van der Waals surface area contributed by atoms with Crippen LogP contribution in [0.2, 0.25) is 18.1 Å². The average molecular weight is 393 g/mol. The third kappa shape index (κ3) is 5.19. The lowest BCUT2D eigenvalue weighted by Crippen LogP contribution is -2.40. The van der Waals surface area contributed by atoms with E-state index in [0.29, 0.717) is 12.4 Å². The van der Waals surface area contributed by atoms with E-state index in [9.17, 15) is 8.42 Å². The van der Waals surface area contributed by atoms with Crippen LogP contribution in [0.25, 0.3) is 0 Å². The van der Waals surface area contributed by atoms with Gasteiger partial charge in [0, 0.05) is 0 Å². The summed E-state index contributed by atoms with van der Waals surface area (Å²) >= 11 is 0. The van der Waals surface area contributed by atoms with E-state index in [4.69, 9.17) is 8.61 Å². The van der Waals surface area contributed by atoms with Crippen LogP contribution in [0, 0.1) is 6.92 Å². The van der Waals surface area contributed by atoms with Crippen LogP contribution in [0.15, 0.2) is 53.4 Å². The van der Waals surface area contributed by atoms with Gasteiger partial charge in [-0.3, -0.25) is 0 Å². The molecule has 26 heavy (non-hydrogen) atoms. The van der Waals surface area contributed by atoms with Crippen molar-refractivity contribution < 1.29 is 17.0 Å². The first-order chi connectivity index (χ1) is 11.9. The molecule has 2 aromatic rings. The van der Waals surface area contributed by atoms with E-state index in [0.717, 1.165) is 11.1 Å². The molecule has 0 N–H and O–H groups in total. The summed E-state index contributed by atoms with van der Waals surface area (Å²) < 4.78 is 36.1. The van der Waals surface area contributed by atoms with Crippen molar-refractivity contribution in [2.45, 2.75) is 57.3 Å². The normalized spacial score (nSPS) is 12.8. The summed E-state index contributed by atoms with van der Waals surface area (Å²) in [6.45, 7) is 13.4. The van der Waals surface area contributed by atoms with E-state index < -0.39 is 18.4 Å². The highest BCUT2D eigenvalue weighted by Crippen LogP contribution is 2.37. The van der Waals surface area contributed by atoms with E-state index in [1.165, 1.54) is 0 Å². The molecule has 0 radical (unpaired) electrons. The molecule has 0 spiro atoms. The van der Waals surface area contributed by atoms with E-state index in [1.54, 1.807) is 36.4 Å². The van der Waals surface area contributed by atoms with E-state index >= 15 is 0 Å². The van der Waals surface area contributed by atoms with Crippen molar-refractivity contribution in [1.82, 2.24) is 0 Å². The van der Waals surface area contributed by atoms with Gasteiger partial charge in [-0.05, 0) is 54.9 Å². The minimum Gasteiger partial charge on any atom is -0.413 e. The molecular formula is C20H28O4SSi. The summed E-state index contributed by atoms with van der Waals surface area (Å²) in [6.07, 6.45) is 0. The fourth-order valence-electron chi connectivity index (χ4n) is 2.00. The summed E-state index contributed by atoms with van der Waals surface area (Å²) in [5, 5.41) is 0.151. The van der Waals surface area contributed by atoms with Crippen molar-refractivity contribution in [3.05, 3.63) is 59.7 Å². The molecule has 0 aliphatic heterocycles. The van der Waals surface area contributed by atoms with Gasteiger partial charge in [0.2, 0.25) is 0 Å². The van der Waals surface area contributed by atoms with Crippen molar-refractivity contribution in [2.75, 3.05) is 0 Å². The maximum atomic E-state index is 12.3. The number of rotatable bonds is 6. The summed E-state index contributed by atoms with van der Waals surface area (Å²) in [6, 6.07) is 13.6. The zero-order valence-electron chi connectivity index (χ0n) is 16.4. The zero-order chi connectivity index (χ0) is 19.6. The molecule has 0 atom stereocenters. The minimum atomic E-state index is -3.82. The molecule has 6 heteroatoms.